The SMILES string of the molecule is CC(C)C1CCC(O[Si](C)(C)C)C1O[Si](C)(C)C. The molecule has 1 aliphatic carbocycles. The van der Waals surface area contributed by atoms with E-state index in [-0.39, 0.29) is 0 Å². The summed E-state index contributed by atoms with van der Waals surface area (Å²) in [7, 11) is -2.96. The Kier molecular flexibility index (Phi) is 5.26. The highest BCUT2D eigenvalue weighted by Gasteiger charge is 2.42. The van der Waals surface area contributed by atoms with E-state index < -0.39 is 16.6 Å². The van der Waals surface area contributed by atoms with Crippen molar-refractivity contribution in [2.45, 2.75) is 78.2 Å². The van der Waals surface area contributed by atoms with Gasteiger partial charge in [-0.3, -0.25) is 0 Å². The molecule has 3 atom stereocenters. The summed E-state index contributed by atoms with van der Waals surface area (Å²) in [5, 5.41) is 0. The van der Waals surface area contributed by atoms with Gasteiger partial charge in [-0.2, -0.15) is 0 Å². The van der Waals surface area contributed by atoms with Gasteiger partial charge in [0.05, 0.1) is 12.2 Å². The van der Waals surface area contributed by atoms with Gasteiger partial charge in [0.15, 0.2) is 16.6 Å². The van der Waals surface area contributed by atoms with Crippen molar-refractivity contribution in [3.8, 4) is 0 Å². The predicted octanol–water partition coefficient (Wildman–Crippen LogP) is 4.49. The smallest absolute Gasteiger partial charge is 0.184 e. The van der Waals surface area contributed by atoms with Crippen molar-refractivity contribution in [2.75, 3.05) is 0 Å². The molecule has 0 aromatic carbocycles. The fourth-order valence-corrected chi connectivity index (χ4v) is 5.13. The Morgan fingerprint density at radius 1 is 0.833 bits per heavy atom. The Balaban J connectivity index is 2.78. The third-order valence-corrected chi connectivity index (χ3v) is 5.41. The lowest BCUT2D eigenvalue weighted by molar-refractivity contribution is 0.0326. The highest BCUT2D eigenvalue weighted by molar-refractivity contribution is 6.70. The lowest BCUT2D eigenvalue weighted by Crippen LogP contribution is -2.44. The average Bonchev–Trinajstić information content (AvgIpc) is 2.43. The van der Waals surface area contributed by atoms with Gasteiger partial charge < -0.3 is 8.85 Å². The van der Waals surface area contributed by atoms with Gasteiger partial charge in [0, 0.05) is 0 Å². The van der Waals surface area contributed by atoms with Crippen molar-refractivity contribution in [3.63, 3.8) is 0 Å². The van der Waals surface area contributed by atoms with Gasteiger partial charge in [-0.15, -0.1) is 0 Å². The van der Waals surface area contributed by atoms with Crippen LogP contribution in [0.15, 0.2) is 0 Å². The first kappa shape index (κ1) is 16.4. The molecule has 4 heteroatoms. The van der Waals surface area contributed by atoms with Crippen LogP contribution in [-0.4, -0.2) is 28.8 Å². The summed E-state index contributed by atoms with van der Waals surface area (Å²) in [6.07, 6.45) is 3.13. The molecule has 2 nitrogen and oxygen atoms in total. The second kappa shape index (κ2) is 5.77. The summed E-state index contributed by atoms with van der Waals surface area (Å²) in [5.74, 6) is 1.37. The predicted molar refractivity (Wildman–Crippen MR) is 84.0 cm³/mol. The van der Waals surface area contributed by atoms with E-state index in [0.29, 0.717) is 24.0 Å². The lowest BCUT2D eigenvalue weighted by Gasteiger charge is -2.35. The van der Waals surface area contributed by atoms with Crippen LogP contribution in [0.3, 0.4) is 0 Å². The van der Waals surface area contributed by atoms with Crippen molar-refractivity contribution in [1.29, 1.82) is 0 Å². The van der Waals surface area contributed by atoms with Crippen LogP contribution in [0.1, 0.15) is 26.7 Å². The van der Waals surface area contributed by atoms with Gasteiger partial charge in [0.25, 0.3) is 0 Å². The molecule has 0 aromatic heterocycles. The summed E-state index contributed by atoms with van der Waals surface area (Å²) >= 11 is 0. The average molecular weight is 289 g/mol. The van der Waals surface area contributed by atoms with E-state index in [2.05, 4.69) is 53.1 Å². The Hall–Kier alpha value is 0.354. The van der Waals surface area contributed by atoms with Crippen molar-refractivity contribution >= 4 is 16.6 Å². The standard InChI is InChI=1S/C14H32O2Si2/c1-11(2)12-9-10-13(15-17(3,4)5)14(12)16-18(6,7)8/h11-14H,9-10H2,1-8H3. The van der Waals surface area contributed by atoms with E-state index in [1.165, 1.54) is 12.8 Å². The topological polar surface area (TPSA) is 18.5 Å². The fourth-order valence-electron chi connectivity index (χ4n) is 2.83. The van der Waals surface area contributed by atoms with Crippen molar-refractivity contribution in [1.82, 2.24) is 0 Å². The van der Waals surface area contributed by atoms with E-state index in [0.717, 1.165) is 0 Å². The molecular formula is C14H32O2Si2. The van der Waals surface area contributed by atoms with Gasteiger partial charge >= 0.3 is 0 Å². The molecule has 1 aliphatic rings. The Labute approximate surface area is 116 Å². The van der Waals surface area contributed by atoms with Crippen LogP contribution >= 0.6 is 0 Å². The molecule has 0 spiro atoms. The Morgan fingerprint density at radius 3 is 1.72 bits per heavy atom. The normalized spacial score (nSPS) is 30.2. The zero-order valence-corrected chi connectivity index (χ0v) is 15.5. The molecule has 1 fully saturated rings. The largest absolute Gasteiger partial charge is 0.412 e. The third kappa shape index (κ3) is 5.15. The van der Waals surface area contributed by atoms with Crippen LogP contribution in [0.2, 0.25) is 39.3 Å². The molecule has 0 saturated heterocycles. The van der Waals surface area contributed by atoms with Crippen LogP contribution in [0.4, 0.5) is 0 Å². The van der Waals surface area contributed by atoms with Crippen LogP contribution in [-0.2, 0) is 8.85 Å². The molecular weight excluding hydrogens is 256 g/mol. The van der Waals surface area contributed by atoms with Crippen molar-refractivity contribution in [3.05, 3.63) is 0 Å². The molecule has 0 radical (unpaired) electrons. The molecule has 1 rings (SSSR count). The maximum atomic E-state index is 6.47. The summed E-state index contributed by atoms with van der Waals surface area (Å²) in [4.78, 5) is 0. The molecule has 0 bridgehead atoms. The molecule has 108 valence electrons. The van der Waals surface area contributed by atoms with Crippen LogP contribution in [0.25, 0.3) is 0 Å². The molecule has 0 aromatic rings. The number of hydrogen-bond acceptors (Lipinski definition) is 2. The monoisotopic (exact) mass is 288 g/mol. The first-order valence-corrected chi connectivity index (χ1v) is 14.2. The number of hydrogen-bond donors (Lipinski definition) is 0. The zero-order valence-electron chi connectivity index (χ0n) is 13.5. The maximum Gasteiger partial charge on any atom is 0.184 e. The minimum atomic E-state index is -1.49. The van der Waals surface area contributed by atoms with Gasteiger partial charge in [0.1, 0.15) is 0 Å². The second-order valence-electron chi connectivity index (χ2n) is 7.95. The van der Waals surface area contributed by atoms with E-state index >= 15 is 0 Å². The molecule has 0 amide bonds. The molecule has 0 aliphatic heterocycles. The maximum absolute atomic E-state index is 6.47. The summed E-state index contributed by atoms with van der Waals surface area (Å²) < 4.78 is 12.8. The number of rotatable bonds is 5. The van der Waals surface area contributed by atoms with E-state index in [1.807, 2.05) is 0 Å². The van der Waals surface area contributed by atoms with E-state index in [9.17, 15) is 0 Å². The fraction of sp³-hybridized carbons (Fsp3) is 1.00. The molecule has 1 saturated carbocycles. The van der Waals surface area contributed by atoms with Gasteiger partial charge in [-0.1, -0.05) is 13.8 Å². The highest BCUT2D eigenvalue weighted by atomic mass is 28.4. The minimum Gasteiger partial charge on any atom is -0.412 e. The third-order valence-electron chi connectivity index (χ3n) is 3.42. The summed E-state index contributed by atoms with van der Waals surface area (Å²) in [6.45, 7) is 18.3. The van der Waals surface area contributed by atoms with Gasteiger partial charge in [0.2, 0.25) is 0 Å². The first-order valence-electron chi connectivity index (χ1n) is 7.35. The highest BCUT2D eigenvalue weighted by Crippen LogP contribution is 2.38. The minimum absolute atomic E-state index is 0.336. The molecule has 18 heavy (non-hydrogen) atoms. The van der Waals surface area contributed by atoms with Gasteiger partial charge in [-0.25, -0.2) is 0 Å². The van der Waals surface area contributed by atoms with E-state index in [4.69, 9.17) is 8.85 Å². The first-order chi connectivity index (χ1) is 7.99. The summed E-state index contributed by atoms with van der Waals surface area (Å²) in [5.41, 5.74) is 0. The molecule has 0 N–H and O–H groups in total. The van der Waals surface area contributed by atoms with Crippen LogP contribution in [0, 0.1) is 11.8 Å². The van der Waals surface area contributed by atoms with Crippen molar-refractivity contribution in [2.24, 2.45) is 11.8 Å². The Morgan fingerprint density at radius 2 is 1.33 bits per heavy atom. The van der Waals surface area contributed by atoms with Crippen LogP contribution < -0.4 is 0 Å². The summed E-state index contributed by atoms with van der Waals surface area (Å²) in [6, 6.07) is 0. The van der Waals surface area contributed by atoms with E-state index in [1.54, 1.807) is 0 Å². The van der Waals surface area contributed by atoms with Crippen LogP contribution in [0.5, 0.6) is 0 Å². The molecule has 3 unspecified atom stereocenters. The molecule has 0 heterocycles. The van der Waals surface area contributed by atoms with Crippen molar-refractivity contribution < 1.29 is 8.85 Å². The second-order valence-corrected chi connectivity index (χ2v) is 16.9. The quantitative estimate of drug-likeness (QED) is 0.694. The lowest BCUT2D eigenvalue weighted by atomic mass is 9.92. The Bertz CT molecular complexity index is 266. The van der Waals surface area contributed by atoms with Gasteiger partial charge in [-0.05, 0) is 64.0 Å². The zero-order chi connectivity index (χ0) is 14.1.